The molecule has 0 spiro atoms. The SMILES string of the molecule is COc1cc2c(cc1OC)CN(C(=O)CN[C@H](c1ccccc1)c1ccco1)CC2. The molecular weight excluding hydrogens is 380 g/mol. The zero-order valence-corrected chi connectivity index (χ0v) is 17.3. The van der Waals surface area contributed by atoms with Gasteiger partial charge in [-0.05, 0) is 47.4 Å². The summed E-state index contributed by atoms with van der Waals surface area (Å²) in [6.45, 7) is 1.47. The monoisotopic (exact) mass is 406 g/mol. The number of fused-ring (bicyclic) bond motifs is 1. The fourth-order valence-corrected chi connectivity index (χ4v) is 3.88. The summed E-state index contributed by atoms with van der Waals surface area (Å²) >= 11 is 0. The first-order valence-electron chi connectivity index (χ1n) is 10.0. The van der Waals surface area contributed by atoms with Crippen LogP contribution in [0.5, 0.6) is 11.5 Å². The van der Waals surface area contributed by atoms with Crippen molar-refractivity contribution in [3.05, 3.63) is 83.3 Å². The number of nitrogens with zero attached hydrogens (tertiary/aromatic N) is 1. The van der Waals surface area contributed by atoms with Crippen LogP contribution in [0.25, 0.3) is 0 Å². The van der Waals surface area contributed by atoms with Crippen LogP contribution in [-0.2, 0) is 17.8 Å². The smallest absolute Gasteiger partial charge is 0.236 e. The van der Waals surface area contributed by atoms with Gasteiger partial charge in [0.2, 0.25) is 5.91 Å². The van der Waals surface area contributed by atoms with Crippen molar-refractivity contribution in [2.75, 3.05) is 27.3 Å². The molecule has 0 saturated heterocycles. The molecule has 6 nitrogen and oxygen atoms in total. The largest absolute Gasteiger partial charge is 0.493 e. The Morgan fingerprint density at radius 3 is 2.47 bits per heavy atom. The van der Waals surface area contributed by atoms with Crippen molar-refractivity contribution in [1.82, 2.24) is 10.2 Å². The summed E-state index contributed by atoms with van der Waals surface area (Å²) in [7, 11) is 3.26. The number of benzene rings is 2. The Morgan fingerprint density at radius 1 is 1.07 bits per heavy atom. The van der Waals surface area contributed by atoms with Crippen LogP contribution in [0.4, 0.5) is 0 Å². The van der Waals surface area contributed by atoms with E-state index in [9.17, 15) is 4.79 Å². The fraction of sp³-hybridized carbons (Fsp3) is 0.292. The molecule has 1 N–H and O–H groups in total. The van der Waals surface area contributed by atoms with Crippen LogP contribution in [0, 0.1) is 0 Å². The van der Waals surface area contributed by atoms with Crippen molar-refractivity contribution in [1.29, 1.82) is 0 Å². The van der Waals surface area contributed by atoms with E-state index >= 15 is 0 Å². The molecule has 156 valence electrons. The van der Waals surface area contributed by atoms with Crippen LogP contribution in [0.3, 0.4) is 0 Å². The second-order valence-corrected chi connectivity index (χ2v) is 7.28. The van der Waals surface area contributed by atoms with Crippen molar-refractivity contribution >= 4 is 5.91 Å². The average Bonchev–Trinajstić information content (AvgIpc) is 3.33. The topological polar surface area (TPSA) is 63.9 Å². The van der Waals surface area contributed by atoms with E-state index < -0.39 is 0 Å². The molecule has 30 heavy (non-hydrogen) atoms. The standard InChI is InChI=1S/C24H26N2O4/c1-28-21-13-18-10-11-26(16-19(18)14-22(21)29-2)23(27)15-25-24(20-9-6-12-30-20)17-7-4-3-5-8-17/h3-9,12-14,24-25H,10-11,15-16H2,1-2H3/t24-/m1/s1. The molecule has 2 heterocycles. The maximum absolute atomic E-state index is 13.0. The van der Waals surface area contributed by atoms with Gasteiger partial charge in [-0.25, -0.2) is 0 Å². The Balaban J connectivity index is 1.45. The van der Waals surface area contributed by atoms with Gasteiger partial charge in [-0.15, -0.1) is 0 Å². The fourth-order valence-electron chi connectivity index (χ4n) is 3.88. The molecule has 0 unspecified atom stereocenters. The predicted molar refractivity (Wildman–Crippen MR) is 114 cm³/mol. The maximum atomic E-state index is 13.0. The normalized spacial score (nSPS) is 14.1. The summed E-state index contributed by atoms with van der Waals surface area (Å²) in [4.78, 5) is 14.8. The highest BCUT2D eigenvalue weighted by molar-refractivity contribution is 5.78. The highest BCUT2D eigenvalue weighted by atomic mass is 16.5. The van der Waals surface area contributed by atoms with Crippen molar-refractivity contribution in [2.24, 2.45) is 0 Å². The molecule has 0 fully saturated rings. The molecule has 1 aromatic heterocycles. The Morgan fingerprint density at radius 2 is 1.80 bits per heavy atom. The Kier molecular flexibility index (Phi) is 6.05. The zero-order valence-electron chi connectivity index (χ0n) is 17.3. The third-order valence-corrected chi connectivity index (χ3v) is 5.49. The van der Waals surface area contributed by atoms with Gasteiger partial charge >= 0.3 is 0 Å². The first-order chi connectivity index (χ1) is 14.7. The van der Waals surface area contributed by atoms with Gasteiger partial charge in [0.1, 0.15) is 5.76 Å². The van der Waals surface area contributed by atoms with Gasteiger partial charge in [-0.2, -0.15) is 0 Å². The number of nitrogens with one attached hydrogen (secondary N) is 1. The number of hydrogen-bond acceptors (Lipinski definition) is 5. The van der Waals surface area contributed by atoms with E-state index in [0.717, 1.165) is 29.1 Å². The van der Waals surface area contributed by atoms with Gasteiger partial charge in [0, 0.05) is 13.1 Å². The van der Waals surface area contributed by atoms with Crippen molar-refractivity contribution in [2.45, 2.75) is 19.0 Å². The van der Waals surface area contributed by atoms with Crippen molar-refractivity contribution < 1.29 is 18.7 Å². The molecule has 1 amide bonds. The number of hydrogen-bond donors (Lipinski definition) is 1. The molecule has 4 rings (SSSR count). The van der Waals surface area contributed by atoms with E-state index in [0.29, 0.717) is 18.8 Å². The molecule has 2 aromatic carbocycles. The van der Waals surface area contributed by atoms with E-state index in [-0.39, 0.29) is 18.5 Å². The minimum absolute atomic E-state index is 0.0583. The molecule has 6 heteroatoms. The number of furan rings is 1. The van der Waals surface area contributed by atoms with Crippen molar-refractivity contribution in [3.8, 4) is 11.5 Å². The summed E-state index contributed by atoms with van der Waals surface area (Å²) in [5.41, 5.74) is 3.35. The summed E-state index contributed by atoms with van der Waals surface area (Å²) in [6.07, 6.45) is 2.44. The number of methoxy groups -OCH3 is 2. The lowest BCUT2D eigenvalue weighted by Gasteiger charge is -2.30. The zero-order chi connectivity index (χ0) is 20.9. The van der Waals surface area contributed by atoms with Gasteiger partial charge in [0.15, 0.2) is 11.5 Å². The van der Waals surface area contributed by atoms with E-state index in [4.69, 9.17) is 13.9 Å². The number of carbonyl (C=O) groups is 1. The predicted octanol–water partition coefficient (Wildman–Crippen LogP) is 3.56. The summed E-state index contributed by atoms with van der Waals surface area (Å²) in [6, 6.07) is 17.6. The van der Waals surface area contributed by atoms with Crippen LogP contribution in [0.15, 0.2) is 65.3 Å². The minimum atomic E-state index is -0.174. The molecule has 1 aliphatic rings. The lowest BCUT2D eigenvalue weighted by atomic mass is 9.98. The van der Waals surface area contributed by atoms with Gasteiger partial charge in [0.25, 0.3) is 0 Å². The molecule has 0 aliphatic carbocycles. The average molecular weight is 406 g/mol. The van der Waals surface area contributed by atoms with Gasteiger partial charge < -0.3 is 18.8 Å². The second kappa shape index (κ2) is 9.05. The molecule has 1 atom stereocenters. The summed E-state index contributed by atoms with van der Waals surface area (Å²) in [5.74, 6) is 2.25. The first kappa shape index (κ1) is 20.0. The Bertz CT molecular complexity index is 986. The molecule has 3 aromatic rings. The lowest BCUT2D eigenvalue weighted by Crippen LogP contribution is -2.42. The number of amides is 1. The Hall–Kier alpha value is -3.25. The summed E-state index contributed by atoms with van der Waals surface area (Å²) < 4.78 is 16.4. The summed E-state index contributed by atoms with van der Waals surface area (Å²) in [5, 5.41) is 3.37. The molecule has 0 radical (unpaired) electrons. The highest BCUT2D eigenvalue weighted by Crippen LogP contribution is 2.33. The second-order valence-electron chi connectivity index (χ2n) is 7.28. The number of rotatable bonds is 7. The van der Waals surface area contributed by atoms with Crippen LogP contribution < -0.4 is 14.8 Å². The lowest BCUT2D eigenvalue weighted by molar-refractivity contribution is -0.131. The maximum Gasteiger partial charge on any atom is 0.236 e. The van der Waals surface area contributed by atoms with E-state index in [2.05, 4.69) is 5.32 Å². The van der Waals surface area contributed by atoms with Crippen LogP contribution in [0.1, 0.15) is 28.5 Å². The van der Waals surface area contributed by atoms with Gasteiger partial charge in [-0.3, -0.25) is 10.1 Å². The molecule has 0 saturated carbocycles. The third-order valence-electron chi connectivity index (χ3n) is 5.49. The first-order valence-corrected chi connectivity index (χ1v) is 10.0. The van der Waals surface area contributed by atoms with Gasteiger partial charge in [0.05, 0.1) is 33.1 Å². The third kappa shape index (κ3) is 4.19. The Labute approximate surface area is 176 Å². The van der Waals surface area contributed by atoms with Crippen LogP contribution in [0.2, 0.25) is 0 Å². The number of carbonyl (C=O) groups excluding carboxylic acids is 1. The van der Waals surface area contributed by atoms with E-state index in [1.165, 1.54) is 5.56 Å². The molecule has 1 aliphatic heterocycles. The van der Waals surface area contributed by atoms with Gasteiger partial charge in [-0.1, -0.05) is 30.3 Å². The van der Waals surface area contributed by atoms with E-state index in [1.807, 2.05) is 59.5 Å². The molecular formula is C24H26N2O4. The van der Waals surface area contributed by atoms with E-state index in [1.54, 1.807) is 20.5 Å². The number of ether oxygens (including phenoxy) is 2. The van der Waals surface area contributed by atoms with Crippen LogP contribution in [-0.4, -0.2) is 38.1 Å². The minimum Gasteiger partial charge on any atom is -0.493 e. The quantitative estimate of drug-likeness (QED) is 0.650. The van der Waals surface area contributed by atoms with Crippen molar-refractivity contribution in [3.63, 3.8) is 0 Å². The highest BCUT2D eigenvalue weighted by Gasteiger charge is 2.24. The van der Waals surface area contributed by atoms with Crippen LogP contribution >= 0.6 is 0 Å². The molecule has 0 bridgehead atoms.